The molecule has 0 bridgehead atoms. The minimum absolute atomic E-state index is 0.286. The number of hydrogen-bond donors (Lipinski definition) is 2. The van der Waals surface area contributed by atoms with Crippen LogP contribution in [0, 0.1) is 6.92 Å². The molecule has 1 aromatic heterocycles. The summed E-state index contributed by atoms with van der Waals surface area (Å²) < 4.78 is 6.01. The van der Waals surface area contributed by atoms with E-state index in [1.807, 2.05) is 79.7 Å². The Bertz CT molecular complexity index is 1370. The monoisotopic (exact) mass is 463 g/mol. The van der Waals surface area contributed by atoms with Crippen LogP contribution in [0.2, 0.25) is 0 Å². The second kappa shape index (κ2) is 10.2. The second-order valence-corrected chi connectivity index (χ2v) is 8.28. The average molecular weight is 464 g/mol. The van der Waals surface area contributed by atoms with Gasteiger partial charge in [-0.3, -0.25) is 10.2 Å². The standard InChI is InChI=1S/C28H25N5O2/c1-19-26-24(33-32-22-11-6-3-7-12-22)13-8-14-25(26)35-27(19)28(34)29-20-15-17-23(18-16-20)31-30-21-9-4-2-5-10-21/h2-7,9-12,15-18,32H,8,13-14H2,1H3,(H,29,34)/b31-30?,33-24+. The normalized spacial score (nSPS) is 14.1. The molecule has 0 unspecified atom stereocenters. The molecule has 0 saturated carbocycles. The molecule has 0 saturated heterocycles. The summed E-state index contributed by atoms with van der Waals surface area (Å²) in [4.78, 5) is 13.0. The maximum Gasteiger partial charge on any atom is 0.291 e. The van der Waals surface area contributed by atoms with E-state index in [2.05, 4.69) is 26.1 Å². The number of rotatable bonds is 6. The number of hydrogen-bond acceptors (Lipinski definition) is 6. The largest absolute Gasteiger partial charge is 0.455 e. The van der Waals surface area contributed by atoms with Crippen LogP contribution in [0.15, 0.2) is 105 Å². The Kier molecular flexibility index (Phi) is 6.48. The Morgan fingerprint density at radius 2 is 1.46 bits per heavy atom. The van der Waals surface area contributed by atoms with Crippen molar-refractivity contribution in [1.82, 2.24) is 0 Å². The Balaban J connectivity index is 1.30. The Morgan fingerprint density at radius 3 is 2.17 bits per heavy atom. The van der Waals surface area contributed by atoms with Crippen molar-refractivity contribution in [3.05, 3.63) is 108 Å². The number of hydrazone groups is 1. The summed E-state index contributed by atoms with van der Waals surface area (Å²) in [6, 6.07) is 26.5. The minimum Gasteiger partial charge on any atom is -0.455 e. The summed E-state index contributed by atoms with van der Waals surface area (Å²) >= 11 is 0. The number of nitrogens with one attached hydrogen (secondary N) is 2. The first-order chi connectivity index (χ1) is 17.2. The van der Waals surface area contributed by atoms with Gasteiger partial charge in [-0.2, -0.15) is 15.3 Å². The molecule has 35 heavy (non-hydrogen) atoms. The third kappa shape index (κ3) is 5.19. The molecule has 0 radical (unpaired) electrons. The number of carbonyl (C=O) groups excluding carboxylic acids is 1. The van der Waals surface area contributed by atoms with E-state index >= 15 is 0 Å². The molecule has 3 aromatic carbocycles. The number of aryl methyl sites for hydroxylation is 1. The van der Waals surface area contributed by atoms with Crippen LogP contribution in [0.25, 0.3) is 0 Å². The summed E-state index contributed by atoms with van der Waals surface area (Å²) in [5.74, 6) is 0.840. The predicted molar refractivity (Wildman–Crippen MR) is 138 cm³/mol. The lowest BCUT2D eigenvalue weighted by molar-refractivity contribution is 0.0994. The van der Waals surface area contributed by atoms with Crippen LogP contribution >= 0.6 is 0 Å². The Hall–Kier alpha value is -4.52. The fraction of sp³-hybridized carbons (Fsp3) is 0.143. The van der Waals surface area contributed by atoms with Gasteiger partial charge < -0.3 is 9.73 Å². The van der Waals surface area contributed by atoms with Crippen LogP contribution in [0.1, 0.15) is 40.3 Å². The lowest BCUT2D eigenvalue weighted by Gasteiger charge is -2.13. The molecule has 0 spiro atoms. The van der Waals surface area contributed by atoms with Gasteiger partial charge in [0, 0.05) is 23.2 Å². The number of anilines is 2. The van der Waals surface area contributed by atoms with Crippen LogP contribution in [0.5, 0.6) is 0 Å². The van der Waals surface area contributed by atoms with Crippen LogP contribution in [-0.4, -0.2) is 11.6 Å². The quantitative estimate of drug-likeness (QED) is 0.230. The summed E-state index contributed by atoms with van der Waals surface area (Å²) in [7, 11) is 0. The van der Waals surface area contributed by atoms with Gasteiger partial charge in [0.05, 0.1) is 22.8 Å². The molecule has 174 valence electrons. The van der Waals surface area contributed by atoms with Crippen molar-refractivity contribution in [2.24, 2.45) is 15.3 Å². The van der Waals surface area contributed by atoms with Crippen LogP contribution in [-0.2, 0) is 6.42 Å². The zero-order valence-corrected chi connectivity index (χ0v) is 19.4. The van der Waals surface area contributed by atoms with Gasteiger partial charge in [-0.1, -0.05) is 36.4 Å². The minimum atomic E-state index is -0.286. The third-order valence-corrected chi connectivity index (χ3v) is 5.79. The van der Waals surface area contributed by atoms with Gasteiger partial charge in [0.25, 0.3) is 5.91 Å². The van der Waals surface area contributed by atoms with E-state index < -0.39 is 0 Å². The highest BCUT2D eigenvalue weighted by Crippen LogP contribution is 2.31. The third-order valence-electron chi connectivity index (χ3n) is 5.79. The highest BCUT2D eigenvalue weighted by molar-refractivity contribution is 6.09. The summed E-state index contributed by atoms with van der Waals surface area (Å²) in [5, 5.41) is 16.0. The molecule has 7 nitrogen and oxygen atoms in total. The number of nitrogens with zero attached hydrogens (tertiary/aromatic N) is 3. The molecule has 0 fully saturated rings. The number of furan rings is 1. The Labute approximate surface area is 203 Å². The highest BCUT2D eigenvalue weighted by Gasteiger charge is 2.28. The van der Waals surface area contributed by atoms with Crippen LogP contribution in [0.4, 0.5) is 22.7 Å². The summed E-state index contributed by atoms with van der Waals surface area (Å²) in [6.45, 7) is 1.91. The first-order valence-electron chi connectivity index (χ1n) is 11.6. The van der Waals surface area contributed by atoms with E-state index in [1.54, 1.807) is 12.1 Å². The summed E-state index contributed by atoms with van der Waals surface area (Å²) in [6.07, 6.45) is 2.54. The van der Waals surface area contributed by atoms with Crippen molar-refractivity contribution >= 4 is 34.4 Å². The average Bonchev–Trinajstić information content (AvgIpc) is 3.25. The fourth-order valence-corrected chi connectivity index (χ4v) is 4.05. The van der Waals surface area contributed by atoms with Gasteiger partial charge in [0.2, 0.25) is 0 Å². The maximum absolute atomic E-state index is 13.0. The molecular formula is C28H25N5O2. The van der Waals surface area contributed by atoms with E-state index in [4.69, 9.17) is 4.42 Å². The molecule has 1 aliphatic carbocycles. The van der Waals surface area contributed by atoms with Crippen LogP contribution in [0.3, 0.4) is 0 Å². The number of carbonyl (C=O) groups is 1. The SMILES string of the molecule is Cc1c(C(=O)Nc2ccc(N=Nc3ccccc3)cc2)oc2c1/C(=N/Nc1ccccc1)CCC2. The first-order valence-corrected chi connectivity index (χ1v) is 11.6. The van der Waals surface area contributed by atoms with Gasteiger partial charge in [-0.25, -0.2) is 0 Å². The van der Waals surface area contributed by atoms with E-state index in [-0.39, 0.29) is 5.91 Å². The van der Waals surface area contributed by atoms with Crippen molar-refractivity contribution in [3.8, 4) is 0 Å². The number of azo groups is 1. The molecule has 7 heteroatoms. The van der Waals surface area contributed by atoms with Gasteiger partial charge in [0.1, 0.15) is 5.76 Å². The maximum atomic E-state index is 13.0. The van der Waals surface area contributed by atoms with Gasteiger partial charge in [-0.15, -0.1) is 0 Å². The molecule has 1 heterocycles. The van der Waals surface area contributed by atoms with Crippen molar-refractivity contribution in [1.29, 1.82) is 0 Å². The molecule has 4 aromatic rings. The first kappa shape index (κ1) is 22.3. The zero-order chi connectivity index (χ0) is 24.0. The van der Waals surface area contributed by atoms with Crippen LogP contribution < -0.4 is 10.7 Å². The molecule has 2 N–H and O–H groups in total. The second-order valence-electron chi connectivity index (χ2n) is 8.28. The van der Waals surface area contributed by atoms with Crippen molar-refractivity contribution in [2.75, 3.05) is 10.7 Å². The van der Waals surface area contributed by atoms with Crippen molar-refractivity contribution in [2.45, 2.75) is 26.2 Å². The Morgan fingerprint density at radius 1 is 0.800 bits per heavy atom. The van der Waals surface area contributed by atoms with E-state index in [0.29, 0.717) is 17.1 Å². The molecule has 0 atom stereocenters. The van der Waals surface area contributed by atoms with E-state index in [9.17, 15) is 4.79 Å². The van der Waals surface area contributed by atoms with Gasteiger partial charge >= 0.3 is 0 Å². The molecule has 5 rings (SSSR count). The highest BCUT2D eigenvalue weighted by atomic mass is 16.4. The number of amides is 1. The van der Waals surface area contributed by atoms with Gasteiger partial charge in [-0.05, 0) is 68.3 Å². The number of benzene rings is 3. The lowest BCUT2D eigenvalue weighted by atomic mass is 9.93. The number of fused-ring (bicyclic) bond motifs is 1. The fourth-order valence-electron chi connectivity index (χ4n) is 4.05. The van der Waals surface area contributed by atoms with Crippen molar-refractivity contribution in [3.63, 3.8) is 0 Å². The zero-order valence-electron chi connectivity index (χ0n) is 19.4. The molecular weight excluding hydrogens is 438 g/mol. The van der Waals surface area contributed by atoms with E-state index in [0.717, 1.165) is 53.2 Å². The van der Waals surface area contributed by atoms with Crippen molar-refractivity contribution < 1.29 is 9.21 Å². The lowest BCUT2D eigenvalue weighted by Crippen LogP contribution is -2.14. The molecule has 1 amide bonds. The number of para-hydroxylation sites is 1. The van der Waals surface area contributed by atoms with Gasteiger partial charge in [0.15, 0.2) is 5.76 Å². The predicted octanol–water partition coefficient (Wildman–Crippen LogP) is 7.41. The topological polar surface area (TPSA) is 91.4 Å². The smallest absolute Gasteiger partial charge is 0.291 e. The van der Waals surface area contributed by atoms with E-state index in [1.165, 1.54) is 0 Å². The summed E-state index contributed by atoms with van der Waals surface area (Å²) in [5.41, 5.74) is 8.81. The molecule has 0 aliphatic heterocycles. The molecule has 1 aliphatic rings.